The molecule has 2 aromatic rings. The van der Waals surface area contributed by atoms with Crippen LogP contribution in [0.5, 0.6) is 0 Å². The molecule has 0 aliphatic carbocycles. The summed E-state index contributed by atoms with van der Waals surface area (Å²) in [5, 5.41) is 5.55. The van der Waals surface area contributed by atoms with E-state index in [1.54, 1.807) is 11.3 Å². The van der Waals surface area contributed by atoms with Crippen molar-refractivity contribution in [2.75, 3.05) is 11.9 Å². The summed E-state index contributed by atoms with van der Waals surface area (Å²) >= 11 is 8.69. The Balaban J connectivity index is 2.20. The summed E-state index contributed by atoms with van der Waals surface area (Å²) in [6.07, 6.45) is 0. The molecule has 96 valence electrons. The normalized spacial score (nSPS) is 12.4. The predicted molar refractivity (Wildman–Crippen MR) is 86.3 cm³/mol. The monoisotopic (exact) mass is 388 g/mol. The third-order valence-electron chi connectivity index (χ3n) is 2.55. The van der Waals surface area contributed by atoms with Crippen LogP contribution in [0, 0.1) is 6.92 Å². The molecular weight excluding hydrogens is 376 g/mol. The van der Waals surface area contributed by atoms with E-state index in [0.717, 1.165) is 14.6 Å². The topological polar surface area (TPSA) is 38.0 Å². The third-order valence-corrected chi connectivity index (χ3v) is 4.81. The molecule has 0 aliphatic heterocycles. The molecule has 1 atom stereocenters. The van der Waals surface area contributed by atoms with Crippen LogP contribution >= 0.6 is 43.2 Å². The molecule has 3 N–H and O–H groups in total. The standard InChI is InChI=1S/C13H14Br2N2S/c1-8-2-9(14)4-11(3-8)17-12(6-16)13-5-10(15)7-18-13/h2-5,7,12,17H,6,16H2,1H3. The number of thiophene rings is 1. The molecule has 0 radical (unpaired) electrons. The first-order valence-electron chi connectivity index (χ1n) is 5.56. The minimum Gasteiger partial charge on any atom is -0.376 e. The largest absolute Gasteiger partial charge is 0.376 e. The fourth-order valence-corrected chi connectivity index (χ4v) is 3.90. The van der Waals surface area contributed by atoms with Gasteiger partial charge in [-0.1, -0.05) is 15.9 Å². The van der Waals surface area contributed by atoms with Crippen LogP contribution < -0.4 is 11.1 Å². The molecule has 0 saturated carbocycles. The Morgan fingerprint density at radius 2 is 2.00 bits per heavy atom. The van der Waals surface area contributed by atoms with E-state index in [0.29, 0.717) is 6.54 Å². The summed E-state index contributed by atoms with van der Waals surface area (Å²) in [7, 11) is 0. The SMILES string of the molecule is Cc1cc(Br)cc(NC(CN)c2cc(Br)cs2)c1. The number of hydrogen-bond donors (Lipinski definition) is 2. The van der Waals surface area contributed by atoms with Crippen LogP contribution in [0.25, 0.3) is 0 Å². The highest BCUT2D eigenvalue weighted by molar-refractivity contribution is 9.10. The van der Waals surface area contributed by atoms with Gasteiger partial charge in [-0.3, -0.25) is 0 Å². The van der Waals surface area contributed by atoms with Gasteiger partial charge in [-0.2, -0.15) is 0 Å². The van der Waals surface area contributed by atoms with E-state index in [-0.39, 0.29) is 6.04 Å². The van der Waals surface area contributed by atoms with E-state index >= 15 is 0 Å². The molecule has 0 aliphatic rings. The Labute approximate surface area is 128 Å². The Hall–Kier alpha value is -0.360. The van der Waals surface area contributed by atoms with Crippen LogP contribution in [0.2, 0.25) is 0 Å². The Bertz CT molecular complexity index is 519. The second-order valence-corrected chi connectivity index (χ2v) is 6.89. The molecule has 0 spiro atoms. The highest BCUT2D eigenvalue weighted by atomic mass is 79.9. The molecule has 1 heterocycles. The number of nitrogens with two attached hydrogens (primary N) is 1. The molecule has 0 bridgehead atoms. The zero-order chi connectivity index (χ0) is 13.1. The van der Waals surface area contributed by atoms with Gasteiger partial charge in [0.2, 0.25) is 0 Å². The highest BCUT2D eigenvalue weighted by Gasteiger charge is 2.12. The number of hydrogen-bond acceptors (Lipinski definition) is 3. The van der Waals surface area contributed by atoms with Crippen molar-refractivity contribution in [3.63, 3.8) is 0 Å². The van der Waals surface area contributed by atoms with E-state index in [1.807, 2.05) is 0 Å². The van der Waals surface area contributed by atoms with Crippen molar-refractivity contribution >= 4 is 48.9 Å². The summed E-state index contributed by atoms with van der Waals surface area (Å²) in [5.74, 6) is 0. The molecule has 1 aromatic carbocycles. The first-order valence-corrected chi connectivity index (χ1v) is 8.03. The van der Waals surface area contributed by atoms with E-state index < -0.39 is 0 Å². The second-order valence-electron chi connectivity index (χ2n) is 4.12. The Morgan fingerprint density at radius 3 is 2.56 bits per heavy atom. The van der Waals surface area contributed by atoms with Crippen LogP contribution in [0.15, 0.2) is 38.6 Å². The minimum absolute atomic E-state index is 0.148. The molecule has 0 amide bonds. The summed E-state index contributed by atoms with van der Waals surface area (Å²) in [5.41, 5.74) is 8.16. The van der Waals surface area contributed by atoms with E-state index in [9.17, 15) is 0 Å². The average molecular weight is 390 g/mol. The molecule has 0 fully saturated rings. The molecule has 1 aromatic heterocycles. The third kappa shape index (κ3) is 3.57. The molecule has 5 heteroatoms. The number of nitrogens with one attached hydrogen (secondary N) is 1. The molecule has 18 heavy (non-hydrogen) atoms. The summed E-state index contributed by atoms with van der Waals surface area (Å²) in [4.78, 5) is 1.24. The highest BCUT2D eigenvalue weighted by Crippen LogP contribution is 2.29. The van der Waals surface area contributed by atoms with Crippen molar-refractivity contribution in [2.45, 2.75) is 13.0 Å². The van der Waals surface area contributed by atoms with Gasteiger partial charge in [0.15, 0.2) is 0 Å². The zero-order valence-electron chi connectivity index (χ0n) is 9.91. The number of benzene rings is 1. The maximum Gasteiger partial charge on any atom is 0.0729 e. The lowest BCUT2D eigenvalue weighted by molar-refractivity contribution is 0.805. The smallest absolute Gasteiger partial charge is 0.0729 e. The summed E-state index contributed by atoms with van der Waals surface area (Å²) in [6.45, 7) is 2.65. The number of anilines is 1. The first kappa shape index (κ1) is 14.1. The Kier molecular flexibility index (Phi) is 4.84. The van der Waals surface area contributed by atoms with Crippen LogP contribution in [0.3, 0.4) is 0 Å². The van der Waals surface area contributed by atoms with Gasteiger partial charge in [0.05, 0.1) is 6.04 Å². The van der Waals surface area contributed by atoms with Gasteiger partial charge in [0.1, 0.15) is 0 Å². The van der Waals surface area contributed by atoms with E-state index in [1.165, 1.54) is 10.4 Å². The van der Waals surface area contributed by atoms with Crippen LogP contribution in [-0.4, -0.2) is 6.54 Å². The van der Waals surface area contributed by atoms with Gasteiger partial charge in [-0.25, -0.2) is 0 Å². The fraction of sp³-hybridized carbons (Fsp3) is 0.231. The van der Waals surface area contributed by atoms with Crippen molar-refractivity contribution in [3.05, 3.63) is 49.0 Å². The minimum atomic E-state index is 0.148. The van der Waals surface area contributed by atoms with Crippen LogP contribution in [-0.2, 0) is 0 Å². The number of aryl methyl sites for hydroxylation is 1. The van der Waals surface area contributed by atoms with Crippen LogP contribution in [0.4, 0.5) is 5.69 Å². The van der Waals surface area contributed by atoms with Crippen molar-refractivity contribution in [1.82, 2.24) is 0 Å². The maximum atomic E-state index is 5.86. The fourth-order valence-electron chi connectivity index (χ4n) is 1.78. The molecule has 0 saturated heterocycles. The predicted octanol–water partition coefficient (Wildman–Crippen LogP) is 4.69. The van der Waals surface area contributed by atoms with E-state index in [4.69, 9.17) is 5.73 Å². The molecular formula is C13H14Br2N2S. The van der Waals surface area contributed by atoms with Gasteiger partial charge in [-0.05, 0) is 52.7 Å². The van der Waals surface area contributed by atoms with Gasteiger partial charge >= 0.3 is 0 Å². The lowest BCUT2D eigenvalue weighted by atomic mass is 10.2. The first-order chi connectivity index (χ1) is 8.58. The van der Waals surface area contributed by atoms with Crippen molar-refractivity contribution in [2.24, 2.45) is 5.73 Å². The van der Waals surface area contributed by atoms with Crippen LogP contribution in [0.1, 0.15) is 16.5 Å². The average Bonchev–Trinajstić information content (AvgIpc) is 2.71. The van der Waals surface area contributed by atoms with Gasteiger partial charge in [0, 0.05) is 31.4 Å². The quantitative estimate of drug-likeness (QED) is 0.795. The molecule has 2 rings (SSSR count). The van der Waals surface area contributed by atoms with Gasteiger partial charge < -0.3 is 11.1 Å². The molecule has 1 unspecified atom stereocenters. The number of rotatable bonds is 4. The van der Waals surface area contributed by atoms with Crippen molar-refractivity contribution in [3.8, 4) is 0 Å². The lowest BCUT2D eigenvalue weighted by Gasteiger charge is -2.17. The van der Waals surface area contributed by atoms with Gasteiger partial charge in [-0.15, -0.1) is 11.3 Å². The van der Waals surface area contributed by atoms with Crippen molar-refractivity contribution in [1.29, 1.82) is 0 Å². The summed E-state index contributed by atoms with van der Waals surface area (Å²) < 4.78 is 2.18. The number of halogens is 2. The van der Waals surface area contributed by atoms with Gasteiger partial charge in [0.25, 0.3) is 0 Å². The van der Waals surface area contributed by atoms with E-state index in [2.05, 4.69) is 73.7 Å². The maximum absolute atomic E-state index is 5.86. The zero-order valence-corrected chi connectivity index (χ0v) is 13.9. The lowest BCUT2D eigenvalue weighted by Crippen LogP contribution is -2.19. The van der Waals surface area contributed by atoms with Crippen molar-refractivity contribution < 1.29 is 0 Å². The summed E-state index contributed by atoms with van der Waals surface area (Å²) in [6, 6.07) is 8.54. The molecule has 2 nitrogen and oxygen atoms in total. The Morgan fingerprint density at radius 1 is 1.22 bits per heavy atom. The second kappa shape index (κ2) is 6.19.